The van der Waals surface area contributed by atoms with Gasteiger partial charge in [-0.15, -0.1) is 0 Å². The van der Waals surface area contributed by atoms with E-state index in [0.717, 1.165) is 5.82 Å². The van der Waals surface area contributed by atoms with Crippen LogP contribution in [0.3, 0.4) is 0 Å². The van der Waals surface area contributed by atoms with Crippen molar-refractivity contribution in [3.63, 3.8) is 0 Å². The molecule has 5 N–H and O–H groups in total. The highest BCUT2D eigenvalue weighted by atomic mass is 31.2. The number of hydrogen-bond acceptors (Lipinski definition) is 5. The summed E-state index contributed by atoms with van der Waals surface area (Å²) in [5.41, 5.74) is 4.84. The van der Waals surface area contributed by atoms with Crippen LogP contribution in [-0.2, 0) is 11.1 Å². The fourth-order valence-corrected chi connectivity index (χ4v) is 1.87. The van der Waals surface area contributed by atoms with E-state index in [1.807, 2.05) is 0 Å². The van der Waals surface area contributed by atoms with Crippen LogP contribution in [-0.4, -0.2) is 31.1 Å². The van der Waals surface area contributed by atoms with Gasteiger partial charge in [0.1, 0.15) is 5.82 Å². The Balaban J connectivity index is 2.66. The Morgan fingerprint density at radius 2 is 2.21 bits per heavy atom. The first kappa shape index (κ1) is 15.6. The van der Waals surface area contributed by atoms with Gasteiger partial charge in [0.05, 0.1) is 0 Å². The number of nitrogens with two attached hydrogens (primary N) is 1. The third-order valence-electron chi connectivity index (χ3n) is 2.42. The lowest BCUT2D eigenvalue weighted by Crippen LogP contribution is -2.24. The van der Waals surface area contributed by atoms with Gasteiger partial charge in [-0.2, -0.15) is 4.98 Å². The van der Waals surface area contributed by atoms with Crippen LogP contribution in [0.1, 0.15) is 6.42 Å². The summed E-state index contributed by atoms with van der Waals surface area (Å²) in [6, 6.07) is 1.47. The third kappa shape index (κ3) is 5.80. The van der Waals surface area contributed by atoms with Gasteiger partial charge < -0.3 is 20.6 Å². The van der Waals surface area contributed by atoms with Crippen molar-refractivity contribution in [1.82, 2.24) is 9.55 Å². The molecule has 1 atom stereocenters. The van der Waals surface area contributed by atoms with E-state index >= 15 is 0 Å². The second kappa shape index (κ2) is 6.63. The van der Waals surface area contributed by atoms with Gasteiger partial charge in [-0.3, -0.25) is 9.13 Å². The van der Waals surface area contributed by atoms with Gasteiger partial charge in [0, 0.05) is 31.1 Å². The monoisotopic (exact) mass is 289 g/mol. The second-order valence-electron chi connectivity index (χ2n) is 3.99. The summed E-state index contributed by atoms with van der Waals surface area (Å²) in [6.45, 7) is -0.00348. The molecular formula is C10H16N3O5P. The Morgan fingerprint density at radius 3 is 2.74 bits per heavy atom. The molecule has 1 heterocycles. The highest BCUT2D eigenvalue weighted by Gasteiger charge is 2.10. The van der Waals surface area contributed by atoms with E-state index < -0.39 is 19.2 Å². The summed E-state index contributed by atoms with van der Waals surface area (Å²) in [6.07, 6.45) is 3.07. The average molecular weight is 289 g/mol. The Kier molecular flexibility index (Phi) is 5.44. The molecule has 0 radical (unpaired) electrons. The van der Waals surface area contributed by atoms with Gasteiger partial charge in [0.15, 0.2) is 0 Å². The van der Waals surface area contributed by atoms with Gasteiger partial charge >= 0.3 is 13.3 Å². The van der Waals surface area contributed by atoms with Crippen LogP contribution in [0.15, 0.2) is 29.0 Å². The fourth-order valence-electron chi connectivity index (χ4n) is 1.40. The SMILES string of the molecule is Nc1ccn(CCC(/C=C/P(=O)(O)O)CO)c(=O)n1. The molecule has 0 spiro atoms. The predicted octanol–water partition coefficient (Wildman–Crippen LogP) is -0.484. The van der Waals surface area contributed by atoms with E-state index in [1.165, 1.54) is 22.9 Å². The van der Waals surface area contributed by atoms with Crippen molar-refractivity contribution in [3.05, 3.63) is 34.6 Å². The lowest BCUT2D eigenvalue weighted by Gasteiger charge is -2.10. The van der Waals surface area contributed by atoms with E-state index in [0.29, 0.717) is 6.42 Å². The van der Waals surface area contributed by atoms with E-state index in [4.69, 9.17) is 20.6 Å². The molecule has 0 fully saturated rings. The standard InChI is InChI=1S/C10H16N3O5P/c11-9-2-5-13(10(15)12-9)4-1-8(7-14)3-6-19(16,17)18/h2-3,5-6,8,14H,1,4,7H2,(H2,11,12,15)(H2,16,17,18)/b6-3+. The van der Waals surface area contributed by atoms with Gasteiger partial charge in [-0.1, -0.05) is 6.08 Å². The lowest BCUT2D eigenvalue weighted by atomic mass is 10.1. The van der Waals surface area contributed by atoms with Crippen molar-refractivity contribution in [3.8, 4) is 0 Å². The summed E-state index contributed by atoms with van der Waals surface area (Å²) in [5, 5.41) is 9.09. The Bertz CT molecular complexity index is 550. The van der Waals surface area contributed by atoms with Crippen LogP contribution < -0.4 is 11.4 Å². The molecule has 9 heteroatoms. The zero-order valence-electron chi connectivity index (χ0n) is 10.1. The Morgan fingerprint density at radius 1 is 1.53 bits per heavy atom. The molecule has 106 valence electrons. The van der Waals surface area contributed by atoms with Crippen LogP contribution in [0.2, 0.25) is 0 Å². The maximum Gasteiger partial charge on any atom is 0.349 e. The molecule has 0 bridgehead atoms. The zero-order valence-corrected chi connectivity index (χ0v) is 11.0. The molecule has 19 heavy (non-hydrogen) atoms. The molecule has 0 saturated heterocycles. The van der Waals surface area contributed by atoms with Crippen LogP contribution >= 0.6 is 7.60 Å². The maximum atomic E-state index is 11.4. The highest BCUT2D eigenvalue weighted by molar-refractivity contribution is 7.55. The summed E-state index contributed by atoms with van der Waals surface area (Å²) in [5.74, 6) is 0.427. The molecule has 0 aromatic carbocycles. The van der Waals surface area contributed by atoms with Gasteiger partial charge in [-0.25, -0.2) is 4.79 Å². The largest absolute Gasteiger partial charge is 0.396 e. The van der Waals surface area contributed by atoms with Gasteiger partial charge in [0.2, 0.25) is 0 Å². The first-order valence-electron chi connectivity index (χ1n) is 5.50. The molecule has 1 rings (SSSR count). The number of nitrogen functional groups attached to an aromatic ring is 1. The van der Waals surface area contributed by atoms with Crippen LogP contribution in [0.4, 0.5) is 5.82 Å². The number of anilines is 1. The topological polar surface area (TPSA) is 139 Å². The van der Waals surface area contributed by atoms with Crippen LogP contribution in [0, 0.1) is 5.92 Å². The number of hydrogen-bond donors (Lipinski definition) is 4. The lowest BCUT2D eigenvalue weighted by molar-refractivity contribution is 0.241. The molecule has 0 aliphatic heterocycles. The number of rotatable bonds is 6. The zero-order chi connectivity index (χ0) is 14.5. The van der Waals surface area contributed by atoms with Crippen molar-refractivity contribution in [2.45, 2.75) is 13.0 Å². The molecule has 1 unspecified atom stereocenters. The Labute approximate surface area is 109 Å². The molecular weight excluding hydrogens is 273 g/mol. The minimum Gasteiger partial charge on any atom is -0.396 e. The van der Waals surface area contributed by atoms with E-state index in [1.54, 1.807) is 0 Å². The Hall–Kier alpha value is -1.47. The molecule has 0 aliphatic rings. The molecule has 0 amide bonds. The molecule has 8 nitrogen and oxygen atoms in total. The smallest absolute Gasteiger partial charge is 0.349 e. The summed E-state index contributed by atoms with van der Waals surface area (Å²) < 4.78 is 12.0. The normalized spacial score (nSPS) is 13.8. The first-order chi connectivity index (χ1) is 8.81. The molecule has 0 saturated carbocycles. The van der Waals surface area contributed by atoms with Gasteiger partial charge in [0.25, 0.3) is 0 Å². The number of aliphatic hydroxyl groups is 1. The summed E-state index contributed by atoms with van der Waals surface area (Å²) >= 11 is 0. The van der Waals surface area contributed by atoms with Crippen molar-refractivity contribution in [2.24, 2.45) is 5.92 Å². The number of nitrogens with zero attached hydrogens (tertiary/aromatic N) is 2. The van der Waals surface area contributed by atoms with Crippen LogP contribution in [0.5, 0.6) is 0 Å². The van der Waals surface area contributed by atoms with E-state index in [9.17, 15) is 9.36 Å². The number of aryl methyl sites for hydroxylation is 1. The molecule has 1 aromatic rings. The molecule has 1 aromatic heterocycles. The van der Waals surface area contributed by atoms with Crippen molar-refractivity contribution >= 4 is 13.4 Å². The van der Waals surface area contributed by atoms with Crippen molar-refractivity contribution in [2.75, 3.05) is 12.3 Å². The average Bonchev–Trinajstić information content (AvgIpc) is 2.30. The minimum absolute atomic E-state index is 0.126. The van der Waals surface area contributed by atoms with Crippen molar-refractivity contribution < 1.29 is 19.5 Å². The third-order valence-corrected chi connectivity index (χ3v) is 2.98. The quantitative estimate of drug-likeness (QED) is 0.518. The summed E-state index contributed by atoms with van der Waals surface area (Å²) in [4.78, 5) is 32.3. The first-order valence-corrected chi connectivity index (χ1v) is 7.18. The highest BCUT2D eigenvalue weighted by Crippen LogP contribution is 2.36. The van der Waals surface area contributed by atoms with Crippen LogP contribution in [0.25, 0.3) is 0 Å². The second-order valence-corrected chi connectivity index (χ2v) is 5.47. The maximum absolute atomic E-state index is 11.4. The number of aliphatic hydroxyl groups excluding tert-OH is 1. The fraction of sp³-hybridized carbons (Fsp3) is 0.400. The minimum atomic E-state index is -4.23. The van der Waals surface area contributed by atoms with E-state index in [-0.39, 0.29) is 19.0 Å². The molecule has 0 aliphatic carbocycles. The number of aromatic nitrogens is 2. The van der Waals surface area contributed by atoms with E-state index in [2.05, 4.69) is 4.98 Å². The predicted molar refractivity (Wildman–Crippen MR) is 69.3 cm³/mol. The van der Waals surface area contributed by atoms with Gasteiger partial charge in [-0.05, 0) is 12.5 Å². The summed E-state index contributed by atoms with van der Waals surface area (Å²) in [7, 11) is -4.23. The van der Waals surface area contributed by atoms with Crippen molar-refractivity contribution in [1.29, 1.82) is 0 Å².